The molecule has 3 aromatic rings. The number of halogens is 2. The van der Waals surface area contributed by atoms with Crippen LogP contribution in [0.5, 0.6) is 0 Å². The summed E-state index contributed by atoms with van der Waals surface area (Å²) in [5, 5.41) is 17.0. The SMILES string of the molecule is O=C(c1ccc(Cl)cc1)c1[nH]c2cc(Cl)ccc2c1CC1N=NN=N1. The molecule has 4 rings (SSSR count). The first-order valence-electron chi connectivity index (χ1n) is 7.52. The normalized spacial score (nSPS) is 13.8. The van der Waals surface area contributed by atoms with Crippen LogP contribution in [0, 0.1) is 0 Å². The molecule has 6 nitrogen and oxygen atoms in total. The summed E-state index contributed by atoms with van der Waals surface area (Å²) in [6.45, 7) is 0. The quantitative estimate of drug-likeness (QED) is 0.611. The number of aromatic nitrogens is 1. The van der Waals surface area contributed by atoms with E-state index in [0.29, 0.717) is 27.7 Å². The highest BCUT2D eigenvalue weighted by molar-refractivity contribution is 6.31. The van der Waals surface area contributed by atoms with E-state index in [1.807, 2.05) is 6.07 Å². The van der Waals surface area contributed by atoms with Crippen LogP contribution in [0.3, 0.4) is 0 Å². The third-order valence-electron chi connectivity index (χ3n) is 4.00. The highest BCUT2D eigenvalue weighted by Crippen LogP contribution is 2.29. The lowest BCUT2D eigenvalue weighted by Crippen LogP contribution is -2.09. The van der Waals surface area contributed by atoms with Crippen molar-refractivity contribution in [3.05, 3.63) is 69.3 Å². The van der Waals surface area contributed by atoms with Crippen molar-refractivity contribution in [2.45, 2.75) is 12.6 Å². The fourth-order valence-corrected chi connectivity index (χ4v) is 3.13. The van der Waals surface area contributed by atoms with Crippen LogP contribution in [0.15, 0.2) is 63.1 Å². The van der Waals surface area contributed by atoms with Crippen LogP contribution >= 0.6 is 23.2 Å². The van der Waals surface area contributed by atoms with Gasteiger partial charge in [-0.05, 0) is 52.4 Å². The van der Waals surface area contributed by atoms with Gasteiger partial charge in [0.1, 0.15) is 0 Å². The second-order valence-electron chi connectivity index (χ2n) is 5.60. The minimum absolute atomic E-state index is 0.133. The number of ketones is 1. The fraction of sp³-hybridized carbons (Fsp3) is 0.118. The van der Waals surface area contributed by atoms with Gasteiger partial charge in [0.05, 0.1) is 5.69 Å². The summed E-state index contributed by atoms with van der Waals surface area (Å²) in [5.74, 6) is -0.133. The lowest BCUT2D eigenvalue weighted by Gasteiger charge is -2.05. The second kappa shape index (κ2) is 6.38. The van der Waals surface area contributed by atoms with Crippen molar-refractivity contribution in [2.75, 3.05) is 0 Å². The van der Waals surface area contributed by atoms with Crippen molar-refractivity contribution in [3.8, 4) is 0 Å². The molecule has 1 aromatic heterocycles. The van der Waals surface area contributed by atoms with E-state index in [2.05, 4.69) is 25.7 Å². The Morgan fingerprint density at radius 3 is 2.40 bits per heavy atom. The van der Waals surface area contributed by atoms with E-state index in [-0.39, 0.29) is 5.78 Å². The number of H-pyrrole nitrogens is 1. The number of fused-ring (bicyclic) bond motifs is 1. The van der Waals surface area contributed by atoms with E-state index in [4.69, 9.17) is 23.2 Å². The molecular weight excluding hydrogens is 361 g/mol. The molecule has 8 heteroatoms. The van der Waals surface area contributed by atoms with Crippen molar-refractivity contribution < 1.29 is 4.79 Å². The summed E-state index contributed by atoms with van der Waals surface area (Å²) in [5.41, 5.74) is 2.62. The maximum Gasteiger partial charge on any atom is 0.209 e. The summed E-state index contributed by atoms with van der Waals surface area (Å²) < 4.78 is 0. The van der Waals surface area contributed by atoms with Crippen LogP contribution in [-0.2, 0) is 6.42 Å². The molecule has 0 spiro atoms. The molecule has 1 aliphatic rings. The predicted octanol–water partition coefficient (Wildman–Crippen LogP) is 5.41. The van der Waals surface area contributed by atoms with E-state index >= 15 is 0 Å². The van der Waals surface area contributed by atoms with E-state index in [1.165, 1.54) is 0 Å². The minimum atomic E-state index is -0.425. The van der Waals surface area contributed by atoms with Gasteiger partial charge in [-0.15, -0.1) is 10.2 Å². The Morgan fingerprint density at radius 2 is 1.68 bits per heavy atom. The highest BCUT2D eigenvalue weighted by Gasteiger charge is 2.23. The van der Waals surface area contributed by atoms with Crippen LogP contribution in [-0.4, -0.2) is 16.9 Å². The third kappa shape index (κ3) is 3.06. The number of hydrogen-bond donors (Lipinski definition) is 1. The average molecular weight is 372 g/mol. The van der Waals surface area contributed by atoms with Gasteiger partial charge in [0.15, 0.2) is 6.17 Å². The molecule has 25 heavy (non-hydrogen) atoms. The summed E-state index contributed by atoms with van der Waals surface area (Å²) in [7, 11) is 0. The molecule has 1 aliphatic heterocycles. The molecular formula is C17H11Cl2N5O. The predicted molar refractivity (Wildman–Crippen MR) is 95.4 cm³/mol. The molecule has 0 atom stereocenters. The topological polar surface area (TPSA) is 82.3 Å². The molecule has 0 saturated heterocycles. The van der Waals surface area contributed by atoms with Crippen molar-refractivity contribution in [1.29, 1.82) is 0 Å². The Bertz CT molecular complexity index is 1010. The largest absolute Gasteiger partial charge is 0.352 e. The first kappa shape index (κ1) is 15.9. The zero-order chi connectivity index (χ0) is 17.4. The fourth-order valence-electron chi connectivity index (χ4n) is 2.83. The lowest BCUT2D eigenvalue weighted by atomic mass is 10.0. The third-order valence-corrected chi connectivity index (χ3v) is 4.49. The maximum atomic E-state index is 13.0. The Balaban J connectivity index is 1.83. The number of carbonyl (C=O) groups is 1. The summed E-state index contributed by atoms with van der Waals surface area (Å²) in [6, 6.07) is 12.2. The van der Waals surface area contributed by atoms with Gasteiger partial charge >= 0.3 is 0 Å². The van der Waals surface area contributed by atoms with Crippen LogP contribution < -0.4 is 0 Å². The van der Waals surface area contributed by atoms with Gasteiger partial charge < -0.3 is 4.98 Å². The van der Waals surface area contributed by atoms with E-state index in [1.54, 1.807) is 36.4 Å². The first-order chi connectivity index (χ1) is 12.1. The van der Waals surface area contributed by atoms with Gasteiger partial charge in [-0.2, -0.15) is 0 Å². The first-order valence-corrected chi connectivity index (χ1v) is 8.28. The van der Waals surface area contributed by atoms with E-state index in [9.17, 15) is 4.79 Å². The van der Waals surface area contributed by atoms with Gasteiger partial charge in [0.2, 0.25) is 5.78 Å². The Labute approximate surface area is 152 Å². The standard InChI is InChI=1S/C17H11Cl2N5O/c18-10-3-1-9(2-4-10)17(25)16-13(8-15-21-23-24-22-15)12-6-5-11(19)7-14(12)20-16/h1-7,15,20H,8H2. The number of nitrogens with one attached hydrogen (secondary N) is 1. The monoisotopic (exact) mass is 371 g/mol. The molecule has 0 amide bonds. The molecule has 2 aromatic carbocycles. The van der Waals surface area contributed by atoms with Crippen LogP contribution in [0.1, 0.15) is 21.6 Å². The van der Waals surface area contributed by atoms with Crippen LogP contribution in [0.4, 0.5) is 0 Å². The maximum absolute atomic E-state index is 13.0. The smallest absolute Gasteiger partial charge is 0.209 e. The summed E-state index contributed by atoms with van der Waals surface area (Å²) >= 11 is 12.0. The Morgan fingerprint density at radius 1 is 1.00 bits per heavy atom. The van der Waals surface area contributed by atoms with Crippen LogP contribution in [0.25, 0.3) is 10.9 Å². The Kier molecular flexibility index (Phi) is 4.07. The molecule has 1 N–H and O–H groups in total. The molecule has 0 bridgehead atoms. The zero-order valence-electron chi connectivity index (χ0n) is 12.8. The lowest BCUT2D eigenvalue weighted by molar-refractivity contribution is 0.103. The van der Waals surface area contributed by atoms with E-state index in [0.717, 1.165) is 16.5 Å². The van der Waals surface area contributed by atoms with Crippen molar-refractivity contribution in [1.82, 2.24) is 4.98 Å². The van der Waals surface area contributed by atoms with Crippen molar-refractivity contribution in [2.24, 2.45) is 20.7 Å². The number of carbonyl (C=O) groups excluding carboxylic acids is 1. The molecule has 2 heterocycles. The van der Waals surface area contributed by atoms with Gasteiger partial charge in [-0.25, -0.2) is 0 Å². The molecule has 0 radical (unpaired) electrons. The van der Waals surface area contributed by atoms with Gasteiger partial charge in [0.25, 0.3) is 0 Å². The molecule has 0 unspecified atom stereocenters. The van der Waals surface area contributed by atoms with Gasteiger partial charge in [-0.1, -0.05) is 29.3 Å². The van der Waals surface area contributed by atoms with E-state index < -0.39 is 6.17 Å². The molecule has 0 saturated carbocycles. The number of aromatic amines is 1. The highest BCUT2D eigenvalue weighted by atomic mass is 35.5. The summed E-state index contributed by atoms with van der Waals surface area (Å²) in [6.07, 6.45) is -0.00465. The number of nitrogens with zero attached hydrogens (tertiary/aromatic N) is 4. The van der Waals surface area contributed by atoms with Gasteiger partial charge in [0, 0.05) is 32.9 Å². The number of benzene rings is 2. The molecule has 124 valence electrons. The van der Waals surface area contributed by atoms with Gasteiger partial charge in [-0.3, -0.25) is 4.79 Å². The summed E-state index contributed by atoms with van der Waals surface area (Å²) in [4.78, 5) is 16.2. The van der Waals surface area contributed by atoms with Crippen molar-refractivity contribution in [3.63, 3.8) is 0 Å². The average Bonchev–Trinajstić information content (AvgIpc) is 3.23. The Hall–Kier alpha value is -2.57. The molecule has 0 fully saturated rings. The minimum Gasteiger partial charge on any atom is -0.352 e. The second-order valence-corrected chi connectivity index (χ2v) is 6.47. The number of hydrogen-bond acceptors (Lipinski definition) is 5. The zero-order valence-corrected chi connectivity index (χ0v) is 14.3. The van der Waals surface area contributed by atoms with Crippen LogP contribution in [0.2, 0.25) is 10.0 Å². The molecule has 0 aliphatic carbocycles. The number of rotatable bonds is 4. The van der Waals surface area contributed by atoms with Crippen molar-refractivity contribution >= 4 is 39.9 Å².